The van der Waals surface area contributed by atoms with Gasteiger partial charge in [-0.3, -0.25) is 0 Å². The smallest absolute Gasteiger partial charge is 0.119 e. The molecule has 0 aliphatic carbocycles. The summed E-state index contributed by atoms with van der Waals surface area (Å²) >= 11 is 0. The second-order valence-electron chi connectivity index (χ2n) is 4.41. The Balaban J connectivity index is 1.93. The van der Waals surface area contributed by atoms with E-state index in [1.54, 1.807) is 6.08 Å². The van der Waals surface area contributed by atoms with Gasteiger partial charge in [0.05, 0.1) is 0 Å². The van der Waals surface area contributed by atoms with E-state index in [1.165, 1.54) is 16.8 Å². The molecule has 0 fully saturated rings. The normalized spacial score (nSPS) is 9.95. The molecule has 2 nitrogen and oxygen atoms in total. The van der Waals surface area contributed by atoms with Gasteiger partial charge in [-0.15, -0.1) is 0 Å². The molecule has 19 heavy (non-hydrogen) atoms. The van der Waals surface area contributed by atoms with E-state index in [-0.39, 0.29) is 0 Å². The average Bonchev–Trinajstić information content (AvgIpc) is 2.45. The van der Waals surface area contributed by atoms with Gasteiger partial charge in [-0.1, -0.05) is 43.0 Å². The molecule has 0 saturated carbocycles. The van der Waals surface area contributed by atoms with Gasteiger partial charge in [0, 0.05) is 12.2 Å². The molecule has 0 aliphatic rings. The first-order valence-electron chi connectivity index (χ1n) is 6.42. The quantitative estimate of drug-likeness (QED) is 0.780. The summed E-state index contributed by atoms with van der Waals surface area (Å²) in [4.78, 5) is 0. The van der Waals surface area contributed by atoms with Crippen molar-refractivity contribution >= 4 is 5.69 Å². The number of ether oxygens (including phenoxy) is 1. The zero-order valence-corrected chi connectivity index (χ0v) is 11.2. The highest BCUT2D eigenvalue weighted by molar-refractivity contribution is 5.50. The van der Waals surface area contributed by atoms with Crippen LogP contribution in [0.2, 0.25) is 0 Å². The summed E-state index contributed by atoms with van der Waals surface area (Å²) in [5.41, 5.74) is 3.66. The minimum atomic E-state index is 0.542. The maximum atomic E-state index is 5.45. The topological polar surface area (TPSA) is 21.3 Å². The van der Waals surface area contributed by atoms with Gasteiger partial charge >= 0.3 is 0 Å². The zero-order valence-electron chi connectivity index (χ0n) is 11.2. The Morgan fingerprint density at radius 1 is 1.11 bits per heavy atom. The highest BCUT2D eigenvalue weighted by atomic mass is 16.5. The van der Waals surface area contributed by atoms with E-state index in [0.717, 1.165) is 12.3 Å². The summed E-state index contributed by atoms with van der Waals surface area (Å²) in [6.45, 7) is 7.09. The van der Waals surface area contributed by atoms with Crippen molar-refractivity contribution in [3.8, 4) is 5.75 Å². The van der Waals surface area contributed by atoms with Gasteiger partial charge < -0.3 is 10.1 Å². The van der Waals surface area contributed by atoms with E-state index in [2.05, 4.69) is 43.1 Å². The Morgan fingerprint density at radius 3 is 2.53 bits per heavy atom. The fraction of sp³-hybridized carbons (Fsp3) is 0.176. The molecule has 0 aromatic heterocycles. The van der Waals surface area contributed by atoms with Crippen LogP contribution < -0.4 is 10.1 Å². The third-order valence-electron chi connectivity index (χ3n) is 2.92. The van der Waals surface area contributed by atoms with Gasteiger partial charge in [0.25, 0.3) is 0 Å². The second kappa shape index (κ2) is 6.64. The fourth-order valence-electron chi connectivity index (χ4n) is 1.83. The predicted molar refractivity (Wildman–Crippen MR) is 80.6 cm³/mol. The van der Waals surface area contributed by atoms with Crippen molar-refractivity contribution in [1.82, 2.24) is 0 Å². The summed E-state index contributed by atoms with van der Waals surface area (Å²) < 4.78 is 5.45. The number of para-hydroxylation sites is 1. The van der Waals surface area contributed by atoms with Gasteiger partial charge in [-0.05, 0) is 36.2 Å². The van der Waals surface area contributed by atoms with Crippen LogP contribution in [-0.2, 0) is 6.54 Å². The van der Waals surface area contributed by atoms with Gasteiger partial charge in [0.1, 0.15) is 12.4 Å². The molecule has 0 atom stereocenters. The minimum absolute atomic E-state index is 0.542. The molecule has 0 saturated heterocycles. The molecular formula is C17H19NO. The van der Waals surface area contributed by atoms with Crippen LogP contribution in [0, 0.1) is 6.92 Å². The van der Waals surface area contributed by atoms with Crippen molar-refractivity contribution in [2.24, 2.45) is 0 Å². The van der Waals surface area contributed by atoms with E-state index in [1.807, 2.05) is 24.3 Å². The maximum absolute atomic E-state index is 5.45. The van der Waals surface area contributed by atoms with Gasteiger partial charge in [-0.25, -0.2) is 0 Å². The number of hydrogen-bond donors (Lipinski definition) is 1. The molecule has 0 bridgehead atoms. The number of nitrogens with one attached hydrogen (secondary N) is 1. The lowest BCUT2D eigenvalue weighted by atomic mass is 10.1. The van der Waals surface area contributed by atoms with Gasteiger partial charge in [0.2, 0.25) is 0 Å². The lowest BCUT2D eigenvalue weighted by Gasteiger charge is -2.10. The Hall–Kier alpha value is -2.22. The van der Waals surface area contributed by atoms with Crippen LogP contribution in [0.5, 0.6) is 5.75 Å². The van der Waals surface area contributed by atoms with Crippen molar-refractivity contribution in [1.29, 1.82) is 0 Å². The Morgan fingerprint density at radius 2 is 1.84 bits per heavy atom. The first-order valence-corrected chi connectivity index (χ1v) is 6.42. The van der Waals surface area contributed by atoms with Crippen molar-refractivity contribution in [2.75, 3.05) is 11.9 Å². The van der Waals surface area contributed by atoms with E-state index in [9.17, 15) is 0 Å². The fourth-order valence-corrected chi connectivity index (χ4v) is 1.83. The minimum Gasteiger partial charge on any atom is -0.490 e. The van der Waals surface area contributed by atoms with Crippen molar-refractivity contribution in [3.05, 3.63) is 72.3 Å². The van der Waals surface area contributed by atoms with Crippen molar-refractivity contribution in [2.45, 2.75) is 13.5 Å². The standard InChI is InChI=1S/C17H19NO/c1-3-12-19-16-10-8-15(9-11-16)13-18-17-7-5-4-6-14(17)2/h3-11,18H,1,12-13H2,2H3. The summed E-state index contributed by atoms with van der Waals surface area (Å²) in [5, 5.41) is 3.43. The van der Waals surface area contributed by atoms with E-state index in [0.29, 0.717) is 6.61 Å². The SMILES string of the molecule is C=CCOc1ccc(CNc2ccccc2C)cc1. The van der Waals surface area contributed by atoms with Crippen LogP contribution in [0.3, 0.4) is 0 Å². The van der Waals surface area contributed by atoms with Crippen LogP contribution in [0.25, 0.3) is 0 Å². The molecule has 1 N–H and O–H groups in total. The monoisotopic (exact) mass is 253 g/mol. The lowest BCUT2D eigenvalue weighted by molar-refractivity contribution is 0.363. The molecule has 0 unspecified atom stereocenters. The average molecular weight is 253 g/mol. The number of benzene rings is 2. The Labute approximate surface area is 114 Å². The van der Waals surface area contributed by atoms with E-state index in [4.69, 9.17) is 4.74 Å². The molecule has 2 aromatic rings. The highest BCUT2D eigenvalue weighted by Crippen LogP contribution is 2.16. The second-order valence-corrected chi connectivity index (χ2v) is 4.41. The molecular weight excluding hydrogens is 234 g/mol. The van der Waals surface area contributed by atoms with Crippen molar-refractivity contribution in [3.63, 3.8) is 0 Å². The largest absolute Gasteiger partial charge is 0.490 e. The van der Waals surface area contributed by atoms with Crippen LogP contribution in [-0.4, -0.2) is 6.61 Å². The van der Waals surface area contributed by atoms with Crippen LogP contribution in [0.1, 0.15) is 11.1 Å². The predicted octanol–water partition coefficient (Wildman–Crippen LogP) is 4.17. The van der Waals surface area contributed by atoms with Gasteiger partial charge in [0.15, 0.2) is 0 Å². The van der Waals surface area contributed by atoms with Crippen LogP contribution in [0.4, 0.5) is 5.69 Å². The lowest BCUT2D eigenvalue weighted by Crippen LogP contribution is -2.01. The van der Waals surface area contributed by atoms with Crippen LogP contribution >= 0.6 is 0 Å². The van der Waals surface area contributed by atoms with Gasteiger partial charge in [-0.2, -0.15) is 0 Å². The summed E-state index contributed by atoms with van der Waals surface area (Å²) in [5.74, 6) is 0.875. The first kappa shape index (κ1) is 13.2. The first-order chi connectivity index (χ1) is 9.29. The molecule has 2 aromatic carbocycles. The molecule has 0 amide bonds. The zero-order chi connectivity index (χ0) is 13.5. The Kier molecular flexibility index (Phi) is 4.62. The third-order valence-corrected chi connectivity index (χ3v) is 2.92. The summed E-state index contributed by atoms with van der Waals surface area (Å²) in [7, 11) is 0. The number of hydrogen-bond acceptors (Lipinski definition) is 2. The molecule has 2 heteroatoms. The summed E-state index contributed by atoms with van der Waals surface area (Å²) in [6.07, 6.45) is 1.74. The van der Waals surface area contributed by atoms with E-state index < -0.39 is 0 Å². The molecule has 0 heterocycles. The molecule has 0 radical (unpaired) electrons. The highest BCUT2D eigenvalue weighted by Gasteiger charge is 1.98. The molecule has 2 rings (SSSR count). The third kappa shape index (κ3) is 3.88. The van der Waals surface area contributed by atoms with Crippen LogP contribution in [0.15, 0.2) is 61.2 Å². The Bertz CT molecular complexity index is 531. The van der Waals surface area contributed by atoms with E-state index >= 15 is 0 Å². The molecule has 0 aliphatic heterocycles. The molecule has 0 spiro atoms. The number of rotatable bonds is 6. The number of aryl methyl sites for hydroxylation is 1. The van der Waals surface area contributed by atoms with Crippen molar-refractivity contribution < 1.29 is 4.74 Å². The summed E-state index contributed by atoms with van der Waals surface area (Å²) in [6, 6.07) is 16.4. The maximum Gasteiger partial charge on any atom is 0.119 e. The molecule has 98 valence electrons. The number of anilines is 1.